The van der Waals surface area contributed by atoms with Gasteiger partial charge in [0.1, 0.15) is 0 Å². The summed E-state index contributed by atoms with van der Waals surface area (Å²) in [4.78, 5) is 3.94. The van der Waals surface area contributed by atoms with Gasteiger partial charge in [0.25, 0.3) is 0 Å². The van der Waals surface area contributed by atoms with Crippen LogP contribution in [0.2, 0.25) is 5.02 Å². The predicted molar refractivity (Wildman–Crippen MR) is 72.2 cm³/mol. The first-order valence-electron chi connectivity index (χ1n) is 6.07. The largest absolute Gasteiger partial charge is 0.393 e. The lowest BCUT2D eigenvalue weighted by atomic mass is 9.78. The highest BCUT2D eigenvalue weighted by Crippen LogP contribution is 2.30. The van der Waals surface area contributed by atoms with E-state index in [0.29, 0.717) is 17.4 Å². The molecule has 0 amide bonds. The molecule has 0 saturated heterocycles. The normalized spacial score (nSPS) is 15.6. The van der Waals surface area contributed by atoms with Crippen LogP contribution in [0.4, 0.5) is 0 Å². The lowest BCUT2D eigenvalue weighted by molar-refractivity contribution is 0.110. The van der Waals surface area contributed by atoms with Gasteiger partial charge in [0.15, 0.2) is 0 Å². The summed E-state index contributed by atoms with van der Waals surface area (Å²) < 4.78 is 0. The van der Waals surface area contributed by atoms with Crippen LogP contribution in [0.25, 0.3) is 0 Å². The lowest BCUT2D eigenvalue weighted by Gasteiger charge is -2.29. The van der Waals surface area contributed by atoms with E-state index in [1.165, 1.54) is 0 Å². The monoisotopic (exact) mass is 255 g/mol. The average Bonchev–Trinajstić information content (AvgIpc) is 2.20. The molecule has 0 spiro atoms. The molecule has 2 unspecified atom stereocenters. The maximum Gasteiger partial charge on any atom is 0.0622 e. The molecule has 0 saturated carbocycles. The standard InChI is InChI=1S/C14H22ClNO/c1-10(14(2,3)4)7-12(17)8-11-5-6-16-9-13(11)15/h5-6,9-10,12,17H,7-8H2,1-4H3. The van der Waals surface area contributed by atoms with Gasteiger partial charge in [0.05, 0.1) is 11.1 Å². The number of hydrogen-bond acceptors (Lipinski definition) is 2. The molecule has 2 nitrogen and oxygen atoms in total. The van der Waals surface area contributed by atoms with Crippen LogP contribution < -0.4 is 0 Å². The molecule has 1 rings (SSSR count). The first-order valence-corrected chi connectivity index (χ1v) is 6.45. The predicted octanol–water partition coefficient (Wildman–Crippen LogP) is 3.71. The minimum absolute atomic E-state index is 0.225. The van der Waals surface area contributed by atoms with E-state index in [1.54, 1.807) is 12.4 Å². The molecule has 0 aliphatic heterocycles. The molecule has 1 aromatic heterocycles. The van der Waals surface area contributed by atoms with E-state index in [4.69, 9.17) is 11.6 Å². The van der Waals surface area contributed by atoms with Crippen LogP contribution in [0.3, 0.4) is 0 Å². The molecule has 0 radical (unpaired) electrons. The topological polar surface area (TPSA) is 33.1 Å². The van der Waals surface area contributed by atoms with E-state index < -0.39 is 0 Å². The van der Waals surface area contributed by atoms with Gasteiger partial charge >= 0.3 is 0 Å². The number of aliphatic hydroxyl groups is 1. The molecule has 0 aliphatic rings. The van der Waals surface area contributed by atoms with Gasteiger partial charge in [-0.2, -0.15) is 0 Å². The van der Waals surface area contributed by atoms with Gasteiger partial charge < -0.3 is 5.11 Å². The molecule has 17 heavy (non-hydrogen) atoms. The fraction of sp³-hybridized carbons (Fsp3) is 0.643. The number of rotatable bonds is 4. The van der Waals surface area contributed by atoms with Gasteiger partial charge in [-0.1, -0.05) is 39.3 Å². The van der Waals surface area contributed by atoms with Crippen LogP contribution in [-0.2, 0) is 6.42 Å². The van der Waals surface area contributed by atoms with Crippen molar-refractivity contribution in [2.45, 2.75) is 46.6 Å². The summed E-state index contributed by atoms with van der Waals surface area (Å²) in [7, 11) is 0. The lowest BCUT2D eigenvalue weighted by Crippen LogP contribution is -2.24. The van der Waals surface area contributed by atoms with E-state index in [1.807, 2.05) is 6.07 Å². The second-order valence-corrected chi connectivity index (χ2v) is 6.24. The summed E-state index contributed by atoms with van der Waals surface area (Å²) in [6, 6.07) is 1.87. The molecule has 3 heteroatoms. The molecule has 1 aromatic rings. The van der Waals surface area contributed by atoms with Gasteiger partial charge in [-0.15, -0.1) is 0 Å². The fourth-order valence-electron chi connectivity index (χ4n) is 1.67. The second kappa shape index (κ2) is 5.83. The van der Waals surface area contributed by atoms with Crippen molar-refractivity contribution in [2.75, 3.05) is 0 Å². The Morgan fingerprint density at radius 3 is 2.59 bits per heavy atom. The first kappa shape index (κ1) is 14.5. The molecular formula is C14H22ClNO. The van der Waals surface area contributed by atoms with Crippen molar-refractivity contribution in [3.05, 3.63) is 29.0 Å². The van der Waals surface area contributed by atoms with E-state index in [0.717, 1.165) is 12.0 Å². The smallest absolute Gasteiger partial charge is 0.0622 e. The quantitative estimate of drug-likeness (QED) is 0.890. The summed E-state index contributed by atoms with van der Waals surface area (Å²) in [5, 5.41) is 10.7. The third kappa shape index (κ3) is 4.64. The average molecular weight is 256 g/mol. The van der Waals surface area contributed by atoms with Gasteiger partial charge in [-0.05, 0) is 35.8 Å². The van der Waals surface area contributed by atoms with Crippen LogP contribution in [0.5, 0.6) is 0 Å². The first-order chi connectivity index (χ1) is 7.80. The Morgan fingerprint density at radius 1 is 1.41 bits per heavy atom. The van der Waals surface area contributed by atoms with Gasteiger partial charge in [-0.25, -0.2) is 0 Å². The van der Waals surface area contributed by atoms with Crippen molar-refractivity contribution >= 4 is 11.6 Å². The zero-order chi connectivity index (χ0) is 13.1. The van der Waals surface area contributed by atoms with E-state index >= 15 is 0 Å². The molecule has 96 valence electrons. The molecule has 0 bridgehead atoms. The van der Waals surface area contributed by atoms with Crippen LogP contribution in [0.15, 0.2) is 18.5 Å². The zero-order valence-electron chi connectivity index (χ0n) is 11.1. The molecule has 0 aliphatic carbocycles. The summed E-state index contributed by atoms with van der Waals surface area (Å²) in [6.45, 7) is 8.77. The van der Waals surface area contributed by atoms with Crippen LogP contribution in [0.1, 0.15) is 39.7 Å². The molecule has 0 aromatic carbocycles. The Hall–Kier alpha value is -0.600. The molecular weight excluding hydrogens is 234 g/mol. The van der Waals surface area contributed by atoms with Crippen LogP contribution >= 0.6 is 11.6 Å². The summed E-state index contributed by atoms with van der Waals surface area (Å²) in [6.07, 6.45) is 4.38. The van der Waals surface area contributed by atoms with Crippen molar-refractivity contribution in [2.24, 2.45) is 11.3 Å². The van der Waals surface area contributed by atoms with Crippen molar-refractivity contribution in [1.82, 2.24) is 4.98 Å². The van der Waals surface area contributed by atoms with E-state index in [2.05, 4.69) is 32.7 Å². The number of halogens is 1. The fourth-order valence-corrected chi connectivity index (χ4v) is 1.86. The van der Waals surface area contributed by atoms with Crippen molar-refractivity contribution in [3.8, 4) is 0 Å². The Labute approximate surface area is 109 Å². The number of hydrogen-bond donors (Lipinski definition) is 1. The number of aliphatic hydroxyl groups excluding tert-OH is 1. The highest BCUT2D eigenvalue weighted by atomic mass is 35.5. The number of pyridine rings is 1. The number of aromatic nitrogens is 1. The third-order valence-corrected chi connectivity index (χ3v) is 3.76. The van der Waals surface area contributed by atoms with Gasteiger partial charge in [0, 0.05) is 12.4 Å². The molecule has 0 fully saturated rings. The van der Waals surface area contributed by atoms with Crippen LogP contribution in [0, 0.1) is 11.3 Å². The van der Waals surface area contributed by atoms with E-state index in [-0.39, 0.29) is 11.5 Å². The Balaban J connectivity index is 2.56. The molecule has 2 atom stereocenters. The Bertz CT molecular complexity index is 359. The highest BCUT2D eigenvalue weighted by molar-refractivity contribution is 6.31. The number of nitrogens with zero attached hydrogens (tertiary/aromatic N) is 1. The minimum atomic E-state index is -0.343. The summed E-state index contributed by atoms with van der Waals surface area (Å²) in [5.41, 5.74) is 1.19. The zero-order valence-corrected chi connectivity index (χ0v) is 11.8. The van der Waals surface area contributed by atoms with Gasteiger partial charge in [0.2, 0.25) is 0 Å². The van der Waals surface area contributed by atoms with Crippen LogP contribution in [-0.4, -0.2) is 16.2 Å². The van der Waals surface area contributed by atoms with Gasteiger partial charge in [-0.3, -0.25) is 4.98 Å². The van der Waals surface area contributed by atoms with Crippen molar-refractivity contribution in [1.29, 1.82) is 0 Å². The minimum Gasteiger partial charge on any atom is -0.393 e. The Kier molecular flexibility index (Phi) is 4.96. The summed E-state index contributed by atoms with van der Waals surface area (Å²) >= 11 is 6.02. The maximum atomic E-state index is 10.1. The highest BCUT2D eigenvalue weighted by Gasteiger charge is 2.23. The van der Waals surface area contributed by atoms with Crippen molar-refractivity contribution < 1.29 is 5.11 Å². The molecule has 1 heterocycles. The maximum absolute atomic E-state index is 10.1. The molecule has 1 N–H and O–H groups in total. The summed E-state index contributed by atoms with van der Waals surface area (Å²) in [5.74, 6) is 0.470. The van der Waals surface area contributed by atoms with Crippen molar-refractivity contribution in [3.63, 3.8) is 0 Å². The SMILES string of the molecule is CC(CC(O)Cc1ccncc1Cl)C(C)(C)C. The third-order valence-electron chi connectivity index (χ3n) is 3.42. The van der Waals surface area contributed by atoms with E-state index in [9.17, 15) is 5.11 Å². The second-order valence-electron chi connectivity index (χ2n) is 5.83. The Morgan fingerprint density at radius 2 is 2.06 bits per heavy atom.